The third-order valence-electron chi connectivity index (χ3n) is 3.92. The molecule has 2 atom stereocenters. The molecule has 0 aromatic carbocycles. The molecule has 2 rings (SSSR count). The van der Waals surface area contributed by atoms with Gasteiger partial charge in [-0.25, -0.2) is 4.98 Å². The topological polar surface area (TPSA) is 36.4 Å². The fraction of sp³-hybridized carbons (Fsp3) is 0.786. The molecule has 18 heavy (non-hydrogen) atoms. The van der Waals surface area contributed by atoms with Crippen molar-refractivity contribution in [1.82, 2.24) is 4.98 Å². The molecule has 4 heteroatoms. The van der Waals surface area contributed by atoms with Gasteiger partial charge in [0.1, 0.15) is 0 Å². The summed E-state index contributed by atoms with van der Waals surface area (Å²) in [5.74, 6) is 1.64. The maximum atomic E-state index is 9.53. The van der Waals surface area contributed by atoms with E-state index in [0.717, 1.165) is 35.8 Å². The van der Waals surface area contributed by atoms with Gasteiger partial charge in [-0.15, -0.1) is 11.3 Å². The summed E-state index contributed by atoms with van der Waals surface area (Å²) >= 11 is 1.66. The summed E-state index contributed by atoms with van der Waals surface area (Å²) in [7, 11) is 0. The highest BCUT2D eigenvalue weighted by molar-refractivity contribution is 7.13. The SMILES string of the molecule is CC(O)c1csc(N2CCCC(C(C)C)CC2)n1. The number of rotatable bonds is 3. The molecular weight excluding hydrogens is 244 g/mol. The quantitative estimate of drug-likeness (QED) is 0.912. The van der Waals surface area contributed by atoms with Gasteiger partial charge < -0.3 is 10.0 Å². The van der Waals surface area contributed by atoms with Crippen LogP contribution in [0.3, 0.4) is 0 Å². The number of hydrogen-bond donors (Lipinski definition) is 1. The van der Waals surface area contributed by atoms with Crippen LogP contribution in [0.5, 0.6) is 0 Å². The summed E-state index contributed by atoms with van der Waals surface area (Å²) in [6.07, 6.45) is 3.40. The normalized spacial score (nSPS) is 23.2. The molecule has 1 aromatic heterocycles. The molecule has 2 unspecified atom stereocenters. The lowest BCUT2D eigenvalue weighted by Crippen LogP contribution is -2.24. The minimum Gasteiger partial charge on any atom is -0.387 e. The number of aromatic nitrogens is 1. The van der Waals surface area contributed by atoms with E-state index in [1.807, 2.05) is 5.38 Å². The third-order valence-corrected chi connectivity index (χ3v) is 4.84. The van der Waals surface area contributed by atoms with Crippen molar-refractivity contribution >= 4 is 16.5 Å². The first-order valence-corrected chi connectivity index (χ1v) is 7.84. The predicted octanol–water partition coefficient (Wildman–Crippen LogP) is 3.46. The highest BCUT2D eigenvalue weighted by atomic mass is 32.1. The van der Waals surface area contributed by atoms with Gasteiger partial charge in [-0.2, -0.15) is 0 Å². The third kappa shape index (κ3) is 3.23. The van der Waals surface area contributed by atoms with Crippen LogP contribution in [0.1, 0.15) is 51.8 Å². The Morgan fingerprint density at radius 1 is 1.33 bits per heavy atom. The second-order valence-corrected chi connectivity index (χ2v) is 6.49. The smallest absolute Gasteiger partial charge is 0.185 e. The standard InChI is InChI=1S/C14H24N2OS/c1-10(2)12-5-4-7-16(8-6-12)14-15-13(9-18-14)11(3)17/h9-12,17H,4-8H2,1-3H3. The van der Waals surface area contributed by atoms with E-state index < -0.39 is 6.10 Å². The van der Waals surface area contributed by atoms with Gasteiger partial charge in [0.05, 0.1) is 11.8 Å². The molecule has 1 aliphatic rings. The molecule has 0 radical (unpaired) electrons. The maximum Gasteiger partial charge on any atom is 0.185 e. The lowest BCUT2D eigenvalue weighted by atomic mass is 9.89. The summed E-state index contributed by atoms with van der Waals surface area (Å²) in [5.41, 5.74) is 0.805. The van der Waals surface area contributed by atoms with Crippen molar-refractivity contribution in [2.75, 3.05) is 18.0 Å². The highest BCUT2D eigenvalue weighted by Crippen LogP contribution is 2.29. The van der Waals surface area contributed by atoms with E-state index in [1.165, 1.54) is 19.3 Å². The van der Waals surface area contributed by atoms with Crippen LogP contribution < -0.4 is 4.90 Å². The van der Waals surface area contributed by atoms with Gasteiger partial charge in [0.2, 0.25) is 0 Å². The average Bonchev–Trinajstić information content (AvgIpc) is 2.67. The largest absolute Gasteiger partial charge is 0.387 e. The zero-order chi connectivity index (χ0) is 13.1. The molecule has 3 nitrogen and oxygen atoms in total. The van der Waals surface area contributed by atoms with Gasteiger partial charge in [-0.05, 0) is 38.0 Å². The highest BCUT2D eigenvalue weighted by Gasteiger charge is 2.21. The van der Waals surface area contributed by atoms with E-state index in [9.17, 15) is 5.11 Å². The molecule has 1 aliphatic heterocycles. The summed E-state index contributed by atoms with van der Waals surface area (Å²) in [4.78, 5) is 6.93. The molecule has 102 valence electrons. The molecule has 1 fully saturated rings. The van der Waals surface area contributed by atoms with Crippen molar-refractivity contribution < 1.29 is 5.11 Å². The van der Waals surface area contributed by atoms with Crippen molar-refractivity contribution in [1.29, 1.82) is 0 Å². The van der Waals surface area contributed by atoms with Gasteiger partial charge in [0.25, 0.3) is 0 Å². The summed E-state index contributed by atoms with van der Waals surface area (Å²) in [6.45, 7) is 8.65. The number of hydrogen-bond acceptors (Lipinski definition) is 4. The first kappa shape index (κ1) is 13.8. The Labute approximate surface area is 114 Å². The molecule has 1 saturated heterocycles. The molecule has 0 bridgehead atoms. The van der Waals surface area contributed by atoms with Crippen LogP contribution in [0.2, 0.25) is 0 Å². The van der Waals surface area contributed by atoms with E-state index in [2.05, 4.69) is 23.7 Å². The number of anilines is 1. The molecule has 0 amide bonds. The Hall–Kier alpha value is -0.610. The van der Waals surface area contributed by atoms with E-state index in [0.29, 0.717) is 0 Å². The number of aliphatic hydroxyl groups is 1. The predicted molar refractivity (Wildman–Crippen MR) is 77.1 cm³/mol. The Morgan fingerprint density at radius 2 is 2.11 bits per heavy atom. The van der Waals surface area contributed by atoms with Crippen molar-refractivity contribution in [2.45, 2.75) is 46.1 Å². The molecule has 0 saturated carbocycles. The number of nitrogens with zero attached hydrogens (tertiary/aromatic N) is 2. The van der Waals surface area contributed by atoms with E-state index in [1.54, 1.807) is 18.3 Å². The fourth-order valence-corrected chi connectivity index (χ4v) is 3.56. The van der Waals surface area contributed by atoms with Gasteiger partial charge in [-0.3, -0.25) is 0 Å². The number of aliphatic hydroxyl groups excluding tert-OH is 1. The second kappa shape index (κ2) is 6.02. The molecule has 0 aliphatic carbocycles. The van der Waals surface area contributed by atoms with Crippen molar-refractivity contribution in [3.8, 4) is 0 Å². The van der Waals surface area contributed by atoms with E-state index in [4.69, 9.17) is 0 Å². The number of thiazole rings is 1. The van der Waals surface area contributed by atoms with Gasteiger partial charge in [0, 0.05) is 18.5 Å². The summed E-state index contributed by atoms with van der Waals surface area (Å²) in [6, 6.07) is 0. The summed E-state index contributed by atoms with van der Waals surface area (Å²) in [5, 5.41) is 12.6. The molecule has 2 heterocycles. The van der Waals surface area contributed by atoms with E-state index >= 15 is 0 Å². The van der Waals surface area contributed by atoms with Crippen LogP contribution in [-0.2, 0) is 0 Å². The van der Waals surface area contributed by atoms with Crippen molar-refractivity contribution in [2.24, 2.45) is 11.8 Å². The molecule has 0 spiro atoms. The van der Waals surface area contributed by atoms with Gasteiger partial charge >= 0.3 is 0 Å². The van der Waals surface area contributed by atoms with Crippen LogP contribution in [0.25, 0.3) is 0 Å². The molecule has 1 aromatic rings. The van der Waals surface area contributed by atoms with Crippen LogP contribution in [0.4, 0.5) is 5.13 Å². The monoisotopic (exact) mass is 268 g/mol. The minimum absolute atomic E-state index is 0.453. The molecule has 1 N–H and O–H groups in total. The average molecular weight is 268 g/mol. The first-order chi connectivity index (χ1) is 8.58. The van der Waals surface area contributed by atoms with Gasteiger partial charge in [0.15, 0.2) is 5.13 Å². The first-order valence-electron chi connectivity index (χ1n) is 6.96. The Morgan fingerprint density at radius 3 is 2.72 bits per heavy atom. The second-order valence-electron chi connectivity index (χ2n) is 5.65. The van der Waals surface area contributed by atoms with Crippen LogP contribution in [-0.4, -0.2) is 23.2 Å². The lowest BCUT2D eigenvalue weighted by Gasteiger charge is -2.20. The van der Waals surface area contributed by atoms with Crippen molar-refractivity contribution in [3.05, 3.63) is 11.1 Å². The summed E-state index contributed by atoms with van der Waals surface area (Å²) < 4.78 is 0. The Kier molecular flexibility index (Phi) is 4.62. The van der Waals surface area contributed by atoms with Crippen LogP contribution in [0, 0.1) is 11.8 Å². The van der Waals surface area contributed by atoms with Crippen LogP contribution >= 0.6 is 11.3 Å². The van der Waals surface area contributed by atoms with Crippen LogP contribution in [0.15, 0.2) is 5.38 Å². The minimum atomic E-state index is -0.453. The Balaban J connectivity index is 2.00. The zero-order valence-corrected chi connectivity index (χ0v) is 12.4. The lowest BCUT2D eigenvalue weighted by molar-refractivity contribution is 0.195. The zero-order valence-electron chi connectivity index (χ0n) is 11.6. The molecular formula is C14H24N2OS. The Bertz CT molecular complexity index is 376. The fourth-order valence-electron chi connectivity index (χ4n) is 2.59. The van der Waals surface area contributed by atoms with Gasteiger partial charge in [-0.1, -0.05) is 13.8 Å². The maximum absolute atomic E-state index is 9.53. The van der Waals surface area contributed by atoms with Crippen molar-refractivity contribution in [3.63, 3.8) is 0 Å². The van der Waals surface area contributed by atoms with E-state index in [-0.39, 0.29) is 0 Å².